The number of anilines is 1. The molecule has 0 atom stereocenters. The maximum atomic E-state index is 8.69. The van der Waals surface area contributed by atoms with Crippen LogP contribution in [0.2, 0.25) is 0 Å². The predicted molar refractivity (Wildman–Crippen MR) is 69.8 cm³/mol. The molecule has 6 heteroatoms. The zero-order valence-corrected chi connectivity index (χ0v) is 11.1. The van der Waals surface area contributed by atoms with Gasteiger partial charge in [-0.05, 0) is 12.7 Å². The fourth-order valence-corrected chi connectivity index (χ4v) is 1.52. The maximum Gasteiger partial charge on any atom is 0.219 e. The second-order valence-electron chi connectivity index (χ2n) is 3.43. The minimum absolute atomic E-state index is 0.126. The zero-order valence-electron chi connectivity index (χ0n) is 10.3. The van der Waals surface area contributed by atoms with Gasteiger partial charge in [0.1, 0.15) is 5.82 Å². The van der Waals surface area contributed by atoms with E-state index in [2.05, 4.69) is 22.2 Å². The van der Waals surface area contributed by atoms with E-state index in [-0.39, 0.29) is 6.61 Å². The molecule has 0 aliphatic heterocycles. The van der Waals surface area contributed by atoms with Crippen LogP contribution in [-0.4, -0.2) is 41.1 Å². The van der Waals surface area contributed by atoms with Crippen molar-refractivity contribution >= 4 is 17.6 Å². The summed E-state index contributed by atoms with van der Waals surface area (Å²) >= 11 is 1.48. The van der Waals surface area contributed by atoms with Gasteiger partial charge in [0, 0.05) is 25.6 Å². The molecule has 96 valence electrons. The number of rotatable bonds is 8. The van der Waals surface area contributed by atoms with Crippen LogP contribution in [0.15, 0.2) is 11.2 Å². The largest absolute Gasteiger partial charge is 0.477 e. The highest BCUT2D eigenvalue weighted by Gasteiger charge is 2.04. The summed E-state index contributed by atoms with van der Waals surface area (Å²) in [5.41, 5.74) is 0. The molecule has 0 saturated carbocycles. The highest BCUT2D eigenvalue weighted by molar-refractivity contribution is 7.98. The lowest BCUT2D eigenvalue weighted by Gasteiger charge is -2.09. The molecule has 0 aromatic carbocycles. The predicted octanol–water partition coefficient (Wildman–Crippen LogP) is 1.78. The van der Waals surface area contributed by atoms with Gasteiger partial charge < -0.3 is 15.2 Å². The lowest BCUT2D eigenvalue weighted by molar-refractivity contribution is 0.228. The van der Waals surface area contributed by atoms with Crippen molar-refractivity contribution in [3.8, 4) is 5.88 Å². The number of hydrogen-bond acceptors (Lipinski definition) is 6. The highest BCUT2D eigenvalue weighted by Crippen LogP contribution is 2.18. The van der Waals surface area contributed by atoms with E-state index in [0.29, 0.717) is 24.1 Å². The Labute approximate surface area is 106 Å². The number of aliphatic hydroxyl groups excluding tert-OH is 1. The van der Waals surface area contributed by atoms with Gasteiger partial charge in [0.25, 0.3) is 0 Å². The van der Waals surface area contributed by atoms with E-state index in [0.717, 1.165) is 18.8 Å². The highest BCUT2D eigenvalue weighted by atomic mass is 32.2. The molecule has 0 aliphatic rings. The molecule has 0 unspecified atom stereocenters. The van der Waals surface area contributed by atoms with Crippen LogP contribution < -0.4 is 10.1 Å². The van der Waals surface area contributed by atoms with Crippen LogP contribution in [0.3, 0.4) is 0 Å². The van der Waals surface area contributed by atoms with E-state index in [1.165, 1.54) is 11.8 Å². The summed E-state index contributed by atoms with van der Waals surface area (Å²) in [4.78, 5) is 8.57. The van der Waals surface area contributed by atoms with Gasteiger partial charge in [-0.2, -0.15) is 4.98 Å². The van der Waals surface area contributed by atoms with Gasteiger partial charge in [-0.1, -0.05) is 18.7 Å². The van der Waals surface area contributed by atoms with Crippen molar-refractivity contribution < 1.29 is 9.84 Å². The molecule has 1 aromatic rings. The quantitative estimate of drug-likeness (QED) is 0.420. The first kappa shape index (κ1) is 14.1. The Morgan fingerprint density at radius 3 is 2.94 bits per heavy atom. The van der Waals surface area contributed by atoms with Crippen LogP contribution in [0.5, 0.6) is 5.88 Å². The number of hydrogen-bond donors (Lipinski definition) is 2. The first-order valence-corrected chi connectivity index (χ1v) is 6.93. The molecule has 1 heterocycles. The van der Waals surface area contributed by atoms with Crippen molar-refractivity contribution in [1.29, 1.82) is 0 Å². The van der Waals surface area contributed by atoms with Gasteiger partial charge in [-0.15, -0.1) is 0 Å². The molecule has 17 heavy (non-hydrogen) atoms. The van der Waals surface area contributed by atoms with E-state index in [1.807, 2.05) is 6.26 Å². The Bertz CT molecular complexity index is 336. The SMILES string of the molecule is CCCNc1cc(OCCCO)nc(SC)n1. The Morgan fingerprint density at radius 1 is 1.47 bits per heavy atom. The minimum atomic E-state index is 0.126. The fraction of sp³-hybridized carbons (Fsp3) is 0.636. The zero-order chi connectivity index (χ0) is 12.5. The van der Waals surface area contributed by atoms with Crippen molar-refractivity contribution in [3.63, 3.8) is 0 Å². The van der Waals surface area contributed by atoms with Gasteiger partial charge in [0.2, 0.25) is 5.88 Å². The summed E-state index contributed by atoms with van der Waals surface area (Å²) in [5.74, 6) is 1.33. The summed E-state index contributed by atoms with van der Waals surface area (Å²) < 4.78 is 5.45. The second kappa shape index (κ2) is 8.14. The summed E-state index contributed by atoms with van der Waals surface area (Å²) in [6, 6.07) is 1.78. The molecule has 0 spiro atoms. The smallest absolute Gasteiger partial charge is 0.219 e. The summed E-state index contributed by atoms with van der Waals surface area (Å²) in [5, 5.41) is 12.6. The molecule has 0 saturated heterocycles. The molecule has 0 amide bonds. The van der Waals surface area contributed by atoms with E-state index in [4.69, 9.17) is 9.84 Å². The standard InChI is InChI=1S/C11H19N3O2S/c1-3-5-12-9-8-10(16-7-4-6-15)14-11(13-9)17-2/h8,15H,3-7H2,1-2H3,(H,12,13,14). The topological polar surface area (TPSA) is 67.3 Å². The van der Waals surface area contributed by atoms with Gasteiger partial charge in [0.05, 0.1) is 6.61 Å². The normalized spacial score (nSPS) is 10.3. The second-order valence-corrected chi connectivity index (χ2v) is 4.20. The van der Waals surface area contributed by atoms with Crippen LogP contribution >= 0.6 is 11.8 Å². The molecule has 0 radical (unpaired) electrons. The molecule has 0 bridgehead atoms. The molecular weight excluding hydrogens is 238 g/mol. The van der Waals surface area contributed by atoms with Crippen LogP contribution in [0.25, 0.3) is 0 Å². The van der Waals surface area contributed by atoms with E-state index in [9.17, 15) is 0 Å². The molecule has 2 N–H and O–H groups in total. The average molecular weight is 257 g/mol. The van der Waals surface area contributed by atoms with Crippen molar-refractivity contribution in [1.82, 2.24) is 9.97 Å². The molecule has 5 nitrogen and oxygen atoms in total. The van der Waals surface area contributed by atoms with Crippen LogP contribution in [0.1, 0.15) is 19.8 Å². The van der Waals surface area contributed by atoms with Crippen LogP contribution in [-0.2, 0) is 0 Å². The van der Waals surface area contributed by atoms with Gasteiger partial charge >= 0.3 is 0 Å². The van der Waals surface area contributed by atoms with E-state index in [1.54, 1.807) is 6.07 Å². The fourth-order valence-electron chi connectivity index (χ4n) is 1.15. The van der Waals surface area contributed by atoms with Gasteiger partial charge in [-0.25, -0.2) is 4.98 Å². The number of ether oxygens (including phenoxy) is 1. The number of thioether (sulfide) groups is 1. The minimum Gasteiger partial charge on any atom is -0.477 e. The third-order valence-electron chi connectivity index (χ3n) is 1.97. The first-order chi connectivity index (χ1) is 8.30. The summed E-state index contributed by atoms with van der Waals surface area (Å²) in [7, 11) is 0. The van der Waals surface area contributed by atoms with Crippen LogP contribution in [0, 0.1) is 0 Å². The number of nitrogens with one attached hydrogen (secondary N) is 1. The van der Waals surface area contributed by atoms with E-state index >= 15 is 0 Å². The molecule has 0 aliphatic carbocycles. The molecule has 0 fully saturated rings. The van der Waals surface area contributed by atoms with Gasteiger partial charge in [0.15, 0.2) is 5.16 Å². The van der Waals surface area contributed by atoms with Crippen molar-refractivity contribution in [3.05, 3.63) is 6.07 Å². The third-order valence-corrected chi connectivity index (χ3v) is 2.52. The number of nitrogens with zero attached hydrogens (tertiary/aromatic N) is 2. The van der Waals surface area contributed by atoms with Gasteiger partial charge in [-0.3, -0.25) is 0 Å². The Hall–Kier alpha value is -1.01. The molecular formula is C11H19N3O2S. The third kappa shape index (κ3) is 5.23. The monoisotopic (exact) mass is 257 g/mol. The van der Waals surface area contributed by atoms with Crippen molar-refractivity contribution in [2.75, 3.05) is 31.3 Å². The maximum absolute atomic E-state index is 8.69. The molecule has 1 aromatic heterocycles. The van der Waals surface area contributed by atoms with Crippen molar-refractivity contribution in [2.24, 2.45) is 0 Å². The lowest BCUT2D eigenvalue weighted by atomic mass is 10.4. The van der Waals surface area contributed by atoms with Crippen molar-refractivity contribution in [2.45, 2.75) is 24.9 Å². The van der Waals surface area contributed by atoms with Crippen LogP contribution in [0.4, 0.5) is 5.82 Å². The lowest BCUT2D eigenvalue weighted by Crippen LogP contribution is -2.06. The Kier molecular flexibility index (Phi) is 6.73. The average Bonchev–Trinajstić information content (AvgIpc) is 2.36. The summed E-state index contributed by atoms with van der Waals surface area (Å²) in [6.45, 7) is 3.57. The Balaban J connectivity index is 2.67. The Morgan fingerprint density at radius 2 is 2.29 bits per heavy atom. The molecule has 1 rings (SSSR count). The number of aromatic nitrogens is 2. The first-order valence-electron chi connectivity index (χ1n) is 5.70. The van der Waals surface area contributed by atoms with E-state index < -0.39 is 0 Å². The summed E-state index contributed by atoms with van der Waals surface area (Å²) in [6.07, 6.45) is 3.58. The number of aliphatic hydroxyl groups is 1.